The molecule has 4 heteroatoms. The molecule has 1 heterocycles. The van der Waals surface area contributed by atoms with Gasteiger partial charge in [0.1, 0.15) is 5.54 Å². The molecule has 0 aliphatic carbocycles. The lowest BCUT2D eigenvalue weighted by Gasteiger charge is -2.35. The van der Waals surface area contributed by atoms with Gasteiger partial charge in [0.2, 0.25) is 11.8 Å². The molecule has 0 aromatic heterocycles. The summed E-state index contributed by atoms with van der Waals surface area (Å²) in [5.41, 5.74) is -0.563. The molecule has 2 amide bonds. The van der Waals surface area contributed by atoms with Crippen LogP contribution in [0.25, 0.3) is 0 Å². The largest absolute Gasteiger partial charge is 0.342 e. The summed E-state index contributed by atoms with van der Waals surface area (Å²) in [6.45, 7) is 13.0. The summed E-state index contributed by atoms with van der Waals surface area (Å²) in [5, 5.41) is 2.88. The Hall–Kier alpha value is -1.06. The SMILES string of the molecule is CCC1(C)NC(=O)CC(C)N(CCC(C)(C)C)C1=O. The lowest BCUT2D eigenvalue weighted by molar-refractivity contribution is -0.139. The van der Waals surface area contributed by atoms with Gasteiger partial charge in [-0.1, -0.05) is 27.7 Å². The first-order valence-corrected chi connectivity index (χ1v) is 7.21. The summed E-state index contributed by atoms with van der Waals surface area (Å²) in [6.07, 6.45) is 1.96. The lowest BCUT2D eigenvalue weighted by Crippen LogP contribution is -2.55. The fourth-order valence-electron chi connectivity index (χ4n) is 2.33. The number of nitrogens with one attached hydrogen (secondary N) is 1. The van der Waals surface area contributed by atoms with E-state index in [1.54, 1.807) is 0 Å². The molecule has 1 fully saturated rings. The third kappa shape index (κ3) is 3.95. The Kier molecular flexibility index (Phi) is 4.64. The van der Waals surface area contributed by atoms with Crippen molar-refractivity contribution in [3.05, 3.63) is 0 Å². The van der Waals surface area contributed by atoms with Crippen LogP contribution in [-0.2, 0) is 9.59 Å². The molecule has 110 valence electrons. The fourth-order valence-corrected chi connectivity index (χ4v) is 2.33. The van der Waals surface area contributed by atoms with Crippen molar-refractivity contribution >= 4 is 11.8 Å². The molecule has 0 aromatic rings. The average molecular weight is 268 g/mol. The third-order valence-corrected chi connectivity index (χ3v) is 3.97. The molecule has 1 aliphatic heterocycles. The summed E-state index contributed by atoms with van der Waals surface area (Å²) in [4.78, 5) is 26.4. The molecule has 0 radical (unpaired) electrons. The smallest absolute Gasteiger partial charge is 0.248 e. The number of hydrogen-bond donors (Lipinski definition) is 1. The van der Waals surface area contributed by atoms with Crippen LogP contribution in [-0.4, -0.2) is 34.8 Å². The molecule has 1 saturated heterocycles. The van der Waals surface area contributed by atoms with Gasteiger partial charge < -0.3 is 10.2 Å². The van der Waals surface area contributed by atoms with Crippen LogP contribution >= 0.6 is 0 Å². The van der Waals surface area contributed by atoms with E-state index in [1.165, 1.54) is 0 Å². The maximum Gasteiger partial charge on any atom is 0.248 e. The summed E-state index contributed by atoms with van der Waals surface area (Å²) in [7, 11) is 0. The van der Waals surface area contributed by atoms with E-state index in [0.717, 1.165) is 6.42 Å². The van der Waals surface area contributed by atoms with Crippen molar-refractivity contribution in [2.24, 2.45) is 5.41 Å². The number of hydrogen-bond acceptors (Lipinski definition) is 2. The third-order valence-electron chi connectivity index (χ3n) is 3.97. The van der Waals surface area contributed by atoms with Crippen LogP contribution in [0.1, 0.15) is 60.8 Å². The molecule has 0 bridgehead atoms. The van der Waals surface area contributed by atoms with Gasteiger partial charge in [-0.25, -0.2) is 0 Å². The average Bonchev–Trinajstić information content (AvgIpc) is 2.33. The Morgan fingerprint density at radius 2 is 1.95 bits per heavy atom. The monoisotopic (exact) mass is 268 g/mol. The molecule has 0 aromatic carbocycles. The summed E-state index contributed by atoms with van der Waals surface area (Å²) < 4.78 is 0. The van der Waals surface area contributed by atoms with Crippen LogP contribution < -0.4 is 5.32 Å². The van der Waals surface area contributed by atoms with Gasteiger partial charge in [0.25, 0.3) is 0 Å². The minimum atomic E-state index is -0.750. The van der Waals surface area contributed by atoms with Crippen molar-refractivity contribution in [3.63, 3.8) is 0 Å². The molecule has 1 rings (SSSR count). The van der Waals surface area contributed by atoms with E-state index in [1.807, 2.05) is 25.7 Å². The van der Waals surface area contributed by atoms with Crippen molar-refractivity contribution in [2.45, 2.75) is 72.4 Å². The van der Waals surface area contributed by atoms with Gasteiger partial charge >= 0.3 is 0 Å². The summed E-state index contributed by atoms with van der Waals surface area (Å²) in [6, 6.07) is -0.0248. The van der Waals surface area contributed by atoms with Crippen LogP contribution in [0.3, 0.4) is 0 Å². The highest BCUT2D eigenvalue weighted by molar-refractivity contribution is 5.93. The second-order valence-electron chi connectivity index (χ2n) is 7.10. The van der Waals surface area contributed by atoms with Crippen molar-refractivity contribution in [3.8, 4) is 0 Å². The highest BCUT2D eigenvalue weighted by Crippen LogP contribution is 2.25. The van der Waals surface area contributed by atoms with E-state index in [9.17, 15) is 9.59 Å². The highest BCUT2D eigenvalue weighted by Gasteiger charge is 2.41. The molecule has 4 nitrogen and oxygen atoms in total. The first-order chi connectivity index (χ1) is 8.59. The molecule has 1 N–H and O–H groups in total. The van der Waals surface area contributed by atoms with Gasteiger partial charge in [-0.2, -0.15) is 0 Å². The quantitative estimate of drug-likeness (QED) is 0.854. The number of carbonyl (C=O) groups is 2. The second kappa shape index (κ2) is 5.51. The molecule has 1 aliphatic rings. The van der Waals surface area contributed by atoms with Crippen LogP contribution in [0, 0.1) is 5.41 Å². The Balaban J connectivity index is 2.92. The molecule has 2 unspecified atom stereocenters. The van der Waals surface area contributed by atoms with Crippen LogP contribution in [0.4, 0.5) is 0 Å². The maximum absolute atomic E-state index is 12.7. The highest BCUT2D eigenvalue weighted by atomic mass is 16.2. The maximum atomic E-state index is 12.7. The minimum absolute atomic E-state index is 0.0246. The Morgan fingerprint density at radius 3 is 2.42 bits per heavy atom. The predicted octanol–water partition coefficient (Wildman–Crippen LogP) is 2.33. The summed E-state index contributed by atoms with van der Waals surface area (Å²) in [5.74, 6) is 0.0288. The van der Waals surface area contributed by atoms with E-state index in [0.29, 0.717) is 19.4 Å². The van der Waals surface area contributed by atoms with Crippen molar-refractivity contribution in [1.82, 2.24) is 10.2 Å². The first kappa shape index (κ1) is 16.0. The molecular weight excluding hydrogens is 240 g/mol. The van der Waals surface area contributed by atoms with E-state index in [4.69, 9.17) is 0 Å². The topological polar surface area (TPSA) is 49.4 Å². The standard InChI is InChI=1S/C15H28N2O2/c1-7-15(6)13(19)17(9-8-14(3,4)5)11(2)10-12(18)16-15/h11H,7-10H2,1-6H3,(H,16,18). The van der Waals surface area contributed by atoms with Crippen molar-refractivity contribution in [2.75, 3.05) is 6.54 Å². The Morgan fingerprint density at radius 1 is 1.37 bits per heavy atom. The molecular formula is C15H28N2O2. The number of amides is 2. The zero-order valence-corrected chi connectivity index (χ0v) is 13.2. The van der Waals surface area contributed by atoms with Crippen molar-refractivity contribution < 1.29 is 9.59 Å². The fraction of sp³-hybridized carbons (Fsp3) is 0.867. The number of nitrogens with zero attached hydrogens (tertiary/aromatic N) is 1. The molecule has 2 atom stereocenters. The number of rotatable bonds is 3. The summed E-state index contributed by atoms with van der Waals surface area (Å²) >= 11 is 0. The van der Waals surface area contributed by atoms with Crippen LogP contribution in [0.5, 0.6) is 0 Å². The normalized spacial score (nSPS) is 29.2. The Labute approximate surface area is 116 Å². The van der Waals surface area contributed by atoms with Crippen LogP contribution in [0.15, 0.2) is 0 Å². The zero-order chi connectivity index (χ0) is 14.8. The van der Waals surface area contributed by atoms with E-state index >= 15 is 0 Å². The number of carbonyl (C=O) groups excluding carboxylic acids is 2. The van der Waals surface area contributed by atoms with Crippen LogP contribution in [0.2, 0.25) is 0 Å². The van der Waals surface area contributed by atoms with E-state index in [2.05, 4.69) is 26.1 Å². The van der Waals surface area contributed by atoms with E-state index < -0.39 is 5.54 Å². The van der Waals surface area contributed by atoms with Crippen molar-refractivity contribution in [1.29, 1.82) is 0 Å². The zero-order valence-electron chi connectivity index (χ0n) is 13.2. The van der Waals surface area contributed by atoms with Gasteiger partial charge in [0.05, 0.1) is 0 Å². The first-order valence-electron chi connectivity index (χ1n) is 7.21. The molecule has 0 spiro atoms. The Bertz CT molecular complexity index is 360. The molecule has 19 heavy (non-hydrogen) atoms. The van der Waals surface area contributed by atoms with Gasteiger partial charge in [0, 0.05) is 19.0 Å². The second-order valence-corrected chi connectivity index (χ2v) is 7.10. The van der Waals surface area contributed by atoms with Gasteiger partial charge in [-0.15, -0.1) is 0 Å². The van der Waals surface area contributed by atoms with E-state index in [-0.39, 0.29) is 23.3 Å². The minimum Gasteiger partial charge on any atom is -0.342 e. The van der Waals surface area contributed by atoms with Gasteiger partial charge in [-0.3, -0.25) is 9.59 Å². The lowest BCUT2D eigenvalue weighted by atomic mass is 9.91. The molecule has 0 saturated carbocycles. The predicted molar refractivity (Wildman–Crippen MR) is 76.7 cm³/mol. The van der Waals surface area contributed by atoms with Gasteiger partial charge in [0.15, 0.2) is 0 Å². The van der Waals surface area contributed by atoms with Gasteiger partial charge in [-0.05, 0) is 32.1 Å².